The lowest BCUT2D eigenvalue weighted by Gasteiger charge is -2.11. The first-order chi connectivity index (χ1) is 8.61. The Bertz CT molecular complexity index is 572. The first-order valence-electron chi connectivity index (χ1n) is 5.79. The predicted octanol–water partition coefficient (Wildman–Crippen LogP) is 3.74. The highest BCUT2D eigenvalue weighted by Gasteiger charge is 2.09. The Balaban J connectivity index is 2.48. The van der Waals surface area contributed by atoms with Gasteiger partial charge >= 0.3 is 0 Å². The molecule has 1 N–H and O–H groups in total. The van der Waals surface area contributed by atoms with Crippen LogP contribution in [0.2, 0.25) is 5.02 Å². The molecule has 0 amide bonds. The molecule has 2 aromatic rings. The molecule has 0 saturated carbocycles. The number of anilines is 1. The Hall–Kier alpha value is -1.74. The van der Waals surface area contributed by atoms with E-state index in [1.165, 1.54) is 0 Å². The van der Waals surface area contributed by atoms with Crippen LogP contribution in [0.15, 0.2) is 37.1 Å². The average molecular weight is 262 g/mol. The van der Waals surface area contributed by atoms with Crippen molar-refractivity contribution in [3.05, 3.63) is 53.3 Å². The van der Waals surface area contributed by atoms with Gasteiger partial charge in [0.25, 0.3) is 0 Å². The van der Waals surface area contributed by atoms with Gasteiger partial charge in [0.2, 0.25) is 5.95 Å². The third-order valence-electron chi connectivity index (χ3n) is 2.66. The van der Waals surface area contributed by atoms with Gasteiger partial charge in [0.05, 0.1) is 11.4 Å². The molecule has 0 unspecified atom stereocenters. The van der Waals surface area contributed by atoms with Crippen LogP contribution in [0.1, 0.15) is 11.3 Å². The molecule has 0 bridgehead atoms. The van der Waals surface area contributed by atoms with Crippen LogP contribution in [0.5, 0.6) is 0 Å². The quantitative estimate of drug-likeness (QED) is 0.850. The van der Waals surface area contributed by atoms with Crippen molar-refractivity contribution >= 4 is 17.5 Å². The number of rotatable bonds is 4. The van der Waals surface area contributed by atoms with Crippen molar-refractivity contribution in [2.75, 3.05) is 11.9 Å². The Morgan fingerprint density at radius 3 is 2.94 bits per heavy atom. The zero-order valence-corrected chi connectivity index (χ0v) is 11.3. The van der Waals surface area contributed by atoms with E-state index in [9.17, 15) is 0 Å². The lowest BCUT2D eigenvalue weighted by molar-refractivity contribution is 1.03. The van der Waals surface area contributed by atoms with Crippen molar-refractivity contribution in [3.8, 4) is 5.69 Å². The lowest BCUT2D eigenvalue weighted by Crippen LogP contribution is -2.06. The second kappa shape index (κ2) is 5.27. The number of nitrogens with zero attached hydrogens (tertiary/aromatic N) is 2. The summed E-state index contributed by atoms with van der Waals surface area (Å²) in [6.07, 6.45) is 3.79. The summed E-state index contributed by atoms with van der Waals surface area (Å²) < 4.78 is 2.01. The summed E-state index contributed by atoms with van der Waals surface area (Å²) >= 11 is 6.06. The minimum atomic E-state index is 0.677. The summed E-state index contributed by atoms with van der Waals surface area (Å²) in [5, 5.41) is 3.94. The van der Waals surface area contributed by atoms with E-state index < -0.39 is 0 Å². The average Bonchev–Trinajstić information content (AvgIpc) is 2.71. The standard InChI is InChI=1S/C14H16ClN3/c1-4-7-16-14-17-11(3)9-18(14)13-8-12(15)6-5-10(13)2/h4-6,8-9H,1,7H2,2-3H3,(H,16,17). The van der Waals surface area contributed by atoms with Gasteiger partial charge in [-0.2, -0.15) is 0 Å². The smallest absolute Gasteiger partial charge is 0.207 e. The molecule has 3 nitrogen and oxygen atoms in total. The molecule has 94 valence electrons. The number of hydrogen-bond donors (Lipinski definition) is 1. The minimum Gasteiger partial charge on any atom is -0.352 e. The number of benzene rings is 1. The fourth-order valence-electron chi connectivity index (χ4n) is 1.81. The highest BCUT2D eigenvalue weighted by molar-refractivity contribution is 6.30. The number of nitrogens with one attached hydrogen (secondary N) is 1. The van der Waals surface area contributed by atoms with Gasteiger partial charge in [-0.15, -0.1) is 6.58 Å². The van der Waals surface area contributed by atoms with E-state index in [0.717, 1.165) is 27.9 Å². The maximum Gasteiger partial charge on any atom is 0.207 e. The van der Waals surface area contributed by atoms with E-state index in [1.807, 2.05) is 35.9 Å². The van der Waals surface area contributed by atoms with Gasteiger partial charge in [-0.25, -0.2) is 4.98 Å². The van der Waals surface area contributed by atoms with E-state index >= 15 is 0 Å². The van der Waals surface area contributed by atoms with Crippen LogP contribution in [0.4, 0.5) is 5.95 Å². The maximum absolute atomic E-state index is 6.06. The molecule has 0 atom stereocenters. The summed E-state index contributed by atoms with van der Waals surface area (Å²) in [4.78, 5) is 4.46. The molecule has 0 aliphatic rings. The van der Waals surface area contributed by atoms with Crippen LogP contribution in [0.3, 0.4) is 0 Å². The van der Waals surface area contributed by atoms with Gasteiger partial charge in [0.15, 0.2) is 0 Å². The van der Waals surface area contributed by atoms with Crippen molar-refractivity contribution < 1.29 is 0 Å². The van der Waals surface area contributed by atoms with Gasteiger partial charge in [0, 0.05) is 17.8 Å². The van der Waals surface area contributed by atoms with Crippen molar-refractivity contribution in [1.82, 2.24) is 9.55 Å². The van der Waals surface area contributed by atoms with Gasteiger partial charge in [-0.1, -0.05) is 23.7 Å². The van der Waals surface area contributed by atoms with E-state index in [4.69, 9.17) is 11.6 Å². The first kappa shape index (κ1) is 12.7. The second-order valence-electron chi connectivity index (χ2n) is 4.18. The number of halogens is 1. The largest absolute Gasteiger partial charge is 0.352 e. The molecule has 0 saturated heterocycles. The zero-order chi connectivity index (χ0) is 13.1. The Kier molecular flexibility index (Phi) is 3.72. The molecule has 1 aromatic carbocycles. The summed E-state index contributed by atoms with van der Waals surface area (Å²) in [7, 11) is 0. The van der Waals surface area contributed by atoms with Crippen LogP contribution in [0.25, 0.3) is 5.69 Å². The van der Waals surface area contributed by atoms with Crippen LogP contribution < -0.4 is 5.32 Å². The molecule has 4 heteroatoms. The van der Waals surface area contributed by atoms with E-state index in [-0.39, 0.29) is 0 Å². The highest BCUT2D eigenvalue weighted by atomic mass is 35.5. The number of aryl methyl sites for hydroxylation is 2. The van der Waals surface area contributed by atoms with Crippen LogP contribution in [0, 0.1) is 13.8 Å². The zero-order valence-electron chi connectivity index (χ0n) is 10.6. The topological polar surface area (TPSA) is 29.9 Å². The Morgan fingerprint density at radius 2 is 2.22 bits per heavy atom. The second-order valence-corrected chi connectivity index (χ2v) is 4.61. The maximum atomic E-state index is 6.06. The summed E-state index contributed by atoms with van der Waals surface area (Å²) in [5.74, 6) is 0.803. The van der Waals surface area contributed by atoms with Crippen molar-refractivity contribution in [2.45, 2.75) is 13.8 Å². The summed E-state index contributed by atoms with van der Waals surface area (Å²) in [6.45, 7) is 8.39. The first-order valence-corrected chi connectivity index (χ1v) is 6.17. The van der Waals surface area contributed by atoms with Gasteiger partial charge in [0.1, 0.15) is 0 Å². The highest BCUT2D eigenvalue weighted by Crippen LogP contribution is 2.23. The molecule has 1 heterocycles. The molecular formula is C14H16ClN3. The van der Waals surface area contributed by atoms with Crippen LogP contribution >= 0.6 is 11.6 Å². The predicted molar refractivity (Wildman–Crippen MR) is 76.7 cm³/mol. The van der Waals surface area contributed by atoms with E-state index in [1.54, 1.807) is 6.08 Å². The normalized spacial score (nSPS) is 10.4. The Morgan fingerprint density at radius 1 is 1.44 bits per heavy atom. The third-order valence-corrected chi connectivity index (χ3v) is 2.90. The molecule has 0 radical (unpaired) electrons. The fourth-order valence-corrected chi connectivity index (χ4v) is 1.98. The van der Waals surface area contributed by atoms with Crippen molar-refractivity contribution in [3.63, 3.8) is 0 Å². The SMILES string of the molecule is C=CCNc1nc(C)cn1-c1cc(Cl)ccc1C. The van der Waals surface area contributed by atoms with Gasteiger partial charge < -0.3 is 5.32 Å². The number of aromatic nitrogens is 2. The number of hydrogen-bond acceptors (Lipinski definition) is 2. The van der Waals surface area contributed by atoms with E-state index in [2.05, 4.69) is 23.8 Å². The molecule has 0 aliphatic heterocycles. The molecule has 1 aromatic heterocycles. The number of imidazole rings is 1. The van der Waals surface area contributed by atoms with Gasteiger partial charge in [-0.3, -0.25) is 4.57 Å². The molecule has 2 rings (SSSR count). The molecule has 0 fully saturated rings. The molecular weight excluding hydrogens is 246 g/mol. The van der Waals surface area contributed by atoms with E-state index in [0.29, 0.717) is 6.54 Å². The fraction of sp³-hybridized carbons (Fsp3) is 0.214. The summed E-state index contributed by atoms with van der Waals surface area (Å²) in [6, 6.07) is 5.84. The van der Waals surface area contributed by atoms with Crippen LogP contribution in [-0.4, -0.2) is 16.1 Å². The monoisotopic (exact) mass is 261 g/mol. The molecule has 0 aliphatic carbocycles. The Labute approximate surface area is 112 Å². The minimum absolute atomic E-state index is 0.677. The van der Waals surface area contributed by atoms with Crippen LogP contribution in [-0.2, 0) is 0 Å². The van der Waals surface area contributed by atoms with Crippen molar-refractivity contribution in [2.24, 2.45) is 0 Å². The van der Waals surface area contributed by atoms with Crippen molar-refractivity contribution in [1.29, 1.82) is 0 Å². The third kappa shape index (κ3) is 2.57. The lowest BCUT2D eigenvalue weighted by atomic mass is 10.2. The molecule has 0 spiro atoms. The molecule has 18 heavy (non-hydrogen) atoms. The summed E-state index contributed by atoms with van der Waals surface area (Å²) in [5.41, 5.74) is 3.15. The van der Waals surface area contributed by atoms with Gasteiger partial charge in [-0.05, 0) is 31.5 Å².